The molecule has 16 heavy (non-hydrogen) atoms. The Balaban J connectivity index is 1.76. The van der Waals surface area contributed by atoms with Crippen molar-refractivity contribution in [3.8, 4) is 0 Å². The third kappa shape index (κ3) is 3.08. The number of hydrogen-bond acceptors (Lipinski definition) is 2. The maximum absolute atomic E-state index is 5.72. The number of aryl methyl sites for hydroxylation is 1. The van der Waals surface area contributed by atoms with Crippen LogP contribution < -0.4 is 5.73 Å². The van der Waals surface area contributed by atoms with Crippen LogP contribution in [0.4, 0.5) is 0 Å². The van der Waals surface area contributed by atoms with Gasteiger partial charge in [0.15, 0.2) is 0 Å². The number of nitrogens with two attached hydrogens (primary N) is 1. The Morgan fingerprint density at radius 3 is 2.88 bits per heavy atom. The summed E-state index contributed by atoms with van der Waals surface area (Å²) in [5, 5.41) is 4.60. The summed E-state index contributed by atoms with van der Waals surface area (Å²) in [6, 6.07) is 2.17. The molecule has 1 aromatic rings. The lowest BCUT2D eigenvalue weighted by atomic mass is 9.88. The molecule has 3 nitrogen and oxygen atoms in total. The standard InChI is InChI=1S/C13H23N3/c1-13(2,10-14)7-3-8-16-9-6-12(15-16)11-4-5-11/h6,9,11H,3-5,7-8,10,14H2,1-2H3. The lowest BCUT2D eigenvalue weighted by Gasteiger charge is -2.21. The summed E-state index contributed by atoms with van der Waals surface area (Å²) in [5.41, 5.74) is 7.28. The SMILES string of the molecule is CC(C)(CN)CCCn1ccc(C2CC2)n1. The molecule has 2 N–H and O–H groups in total. The van der Waals surface area contributed by atoms with Crippen molar-refractivity contribution in [1.29, 1.82) is 0 Å². The van der Waals surface area contributed by atoms with E-state index in [2.05, 4.69) is 35.9 Å². The van der Waals surface area contributed by atoms with Crippen molar-refractivity contribution in [2.45, 2.75) is 52.0 Å². The zero-order valence-corrected chi connectivity index (χ0v) is 10.4. The van der Waals surface area contributed by atoms with Gasteiger partial charge < -0.3 is 5.73 Å². The Hall–Kier alpha value is -0.830. The molecule has 0 aliphatic heterocycles. The Bertz CT molecular complexity index is 337. The van der Waals surface area contributed by atoms with E-state index in [1.165, 1.54) is 25.0 Å². The van der Waals surface area contributed by atoms with Gasteiger partial charge in [0.25, 0.3) is 0 Å². The molecular weight excluding hydrogens is 198 g/mol. The molecule has 0 unspecified atom stereocenters. The van der Waals surface area contributed by atoms with E-state index in [9.17, 15) is 0 Å². The average molecular weight is 221 g/mol. The molecule has 2 rings (SSSR count). The van der Waals surface area contributed by atoms with Gasteiger partial charge in [-0.1, -0.05) is 13.8 Å². The Morgan fingerprint density at radius 2 is 2.25 bits per heavy atom. The molecular formula is C13H23N3. The normalized spacial score (nSPS) is 16.7. The van der Waals surface area contributed by atoms with E-state index in [4.69, 9.17) is 5.73 Å². The largest absolute Gasteiger partial charge is 0.330 e. The predicted octanol–water partition coefficient (Wildman–Crippen LogP) is 2.53. The highest BCUT2D eigenvalue weighted by Gasteiger charge is 2.25. The first-order valence-electron chi connectivity index (χ1n) is 6.34. The van der Waals surface area contributed by atoms with Crippen LogP contribution >= 0.6 is 0 Å². The second-order valence-electron chi connectivity index (χ2n) is 5.75. The van der Waals surface area contributed by atoms with Crippen LogP contribution in [-0.4, -0.2) is 16.3 Å². The quantitative estimate of drug-likeness (QED) is 0.802. The minimum Gasteiger partial charge on any atom is -0.330 e. The molecule has 0 amide bonds. The monoisotopic (exact) mass is 221 g/mol. The first kappa shape index (κ1) is 11.6. The predicted molar refractivity (Wildman–Crippen MR) is 66.3 cm³/mol. The van der Waals surface area contributed by atoms with Crippen molar-refractivity contribution in [3.63, 3.8) is 0 Å². The number of rotatable bonds is 6. The van der Waals surface area contributed by atoms with Crippen LogP contribution in [0.15, 0.2) is 12.3 Å². The average Bonchev–Trinajstić information content (AvgIpc) is 3.00. The minimum absolute atomic E-state index is 0.270. The topological polar surface area (TPSA) is 43.8 Å². The molecule has 1 aromatic heterocycles. The molecule has 1 saturated carbocycles. The van der Waals surface area contributed by atoms with E-state index in [0.717, 1.165) is 25.4 Å². The van der Waals surface area contributed by atoms with Crippen LogP contribution in [0.2, 0.25) is 0 Å². The number of nitrogens with zero attached hydrogens (tertiary/aromatic N) is 2. The molecule has 0 spiro atoms. The van der Waals surface area contributed by atoms with Gasteiger partial charge in [-0.25, -0.2) is 0 Å². The van der Waals surface area contributed by atoms with E-state index in [1.54, 1.807) is 0 Å². The smallest absolute Gasteiger partial charge is 0.0655 e. The Morgan fingerprint density at radius 1 is 1.50 bits per heavy atom. The third-order valence-electron chi connectivity index (χ3n) is 3.45. The van der Waals surface area contributed by atoms with Crippen molar-refractivity contribution >= 4 is 0 Å². The first-order valence-corrected chi connectivity index (χ1v) is 6.34. The fourth-order valence-corrected chi connectivity index (χ4v) is 1.92. The van der Waals surface area contributed by atoms with Crippen LogP contribution in [0.5, 0.6) is 0 Å². The highest BCUT2D eigenvalue weighted by Crippen LogP contribution is 2.38. The second-order valence-corrected chi connectivity index (χ2v) is 5.75. The van der Waals surface area contributed by atoms with Gasteiger partial charge in [0.1, 0.15) is 0 Å². The third-order valence-corrected chi connectivity index (χ3v) is 3.45. The molecule has 0 atom stereocenters. The minimum atomic E-state index is 0.270. The summed E-state index contributed by atoms with van der Waals surface area (Å²) in [6.07, 6.45) is 7.11. The maximum Gasteiger partial charge on any atom is 0.0655 e. The highest BCUT2D eigenvalue weighted by molar-refractivity contribution is 5.12. The molecule has 1 heterocycles. The van der Waals surface area contributed by atoms with Gasteiger partial charge in [0, 0.05) is 18.7 Å². The molecule has 1 aliphatic carbocycles. The Kier molecular flexibility index (Phi) is 3.33. The van der Waals surface area contributed by atoms with Crippen LogP contribution in [-0.2, 0) is 6.54 Å². The van der Waals surface area contributed by atoms with Crippen molar-refractivity contribution < 1.29 is 0 Å². The summed E-state index contributed by atoms with van der Waals surface area (Å²) >= 11 is 0. The van der Waals surface area contributed by atoms with Gasteiger partial charge in [0.05, 0.1) is 5.69 Å². The highest BCUT2D eigenvalue weighted by atomic mass is 15.3. The molecule has 1 aliphatic rings. The van der Waals surface area contributed by atoms with Crippen LogP contribution in [0.3, 0.4) is 0 Å². The number of hydrogen-bond donors (Lipinski definition) is 1. The van der Waals surface area contributed by atoms with E-state index < -0.39 is 0 Å². The van der Waals surface area contributed by atoms with Crippen molar-refractivity contribution in [2.24, 2.45) is 11.1 Å². The van der Waals surface area contributed by atoms with Crippen molar-refractivity contribution in [1.82, 2.24) is 9.78 Å². The van der Waals surface area contributed by atoms with Crippen LogP contribution in [0, 0.1) is 5.41 Å². The second kappa shape index (κ2) is 4.58. The molecule has 0 aromatic carbocycles. The summed E-state index contributed by atoms with van der Waals surface area (Å²) in [5.74, 6) is 0.765. The van der Waals surface area contributed by atoms with Crippen LogP contribution in [0.1, 0.15) is 51.1 Å². The lowest BCUT2D eigenvalue weighted by Crippen LogP contribution is -2.23. The van der Waals surface area contributed by atoms with E-state index in [1.807, 2.05) is 0 Å². The fraction of sp³-hybridized carbons (Fsp3) is 0.769. The summed E-state index contributed by atoms with van der Waals surface area (Å²) in [6.45, 7) is 6.24. The van der Waals surface area contributed by atoms with Gasteiger partial charge in [-0.3, -0.25) is 4.68 Å². The van der Waals surface area contributed by atoms with Crippen molar-refractivity contribution in [3.05, 3.63) is 18.0 Å². The maximum atomic E-state index is 5.72. The zero-order valence-electron chi connectivity index (χ0n) is 10.4. The van der Waals surface area contributed by atoms with Gasteiger partial charge >= 0.3 is 0 Å². The van der Waals surface area contributed by atoms with Gasteiger partial charge in [-0.05, 0) is 43.7 Å². The van der Waals surface area contributed by atoms with Crippen LogP contribution in [0.25, 0.3) is 0 Å². The van der Waals surface area contributed by atoms with Gasteiger partial charge in [-0.15, -0.1) is 0 Å². The summed E-state index contributed by atoms with van der Waals surface area (Å²) in [4.78, 5) is 0. The van der Waals surface area contributed by atoms with E-state index in [0.29, 0.717) is 0 Å². The van der Waals surface area contributed by atoms with Gasteiger partial charge in [-0.2, -0.15) is 5.10 Å². The van der Waals surface area contributed by atoms with Gasteiger partial charge in [0.2, 0.25) is 0 Å². The lowest BCUT2D eigenvalue weighted by molar-refractivity contribution is 0.324. The molecule has 3 heteroatoms. The van der Waals surface area contributed by atoms with Crippen molar-refractivity contribution in [2.75, 3.05) is 6.54 Å². The molecule has 90 valence electrons. The van der Waals surface area contributed by atoms with E-state index >= 15 is 0 Å². The molecule has 0 saturated heterocycles. The fourth-order valence-electron chi connectivity index (χ4n) is 1.92. The number of aromatic nitrogens is 2. The first-order chi connectivity index (χ1) is 7.61. The summed E-state index contributed by atoms with van der Waals surface area (Å²) < 4.78 is 2.08. The Labute approximate surface area is 98.0 Å². The zero-order chi connectivity index (χ0) is 11.6. The molecule has 0 bridgehead atoms. The molecule has 0 radical (unpaired) electrons. The molecule has 1 fully saturated rings. The summed E-state index contributed by atoms with van der Waals surface area (Å²) in [7, 11) is 0. The van der Waals surface area contributed by atoms with E-state index in [-0.39, 0.29) is 5.41 Å².